The van der Waals surface area contributed by atoms with Crippen LogP contribution >= 0.6 is 0 Å². The fourth-order valence-corrected chi connectivity index (χ4v) is 2.46. The lowest BCUT2D eigenvalue weighted by molar-refractivity contribution is -0.139. The van der Waals surface area contributed by atoms with E-state index in [4.69, 9.17) is 9.47 Å². The van der Waals surface area contributed by atoms with Crippen molar-refractivity contribution in [1.82, 2.24) is 10.7 Å². The molecule has 0 unspecified atom stereocenters. The number of nitrogens with one attached hydrogen (secondary N) is 2. The quantitative estimate of drug-likeness (QED) is 0.485. The molecule has 1 aromatic rings. The Morgan fingerprint density at radius 2 is 1.91 bits per heavy atom. The summed E-state index contributed by atoms with van der Waals surface area (Å²) in [5.41, 5.74) is 2.87. The monoisotopic (exact) mass is 319 g/mol. The third kappa shape index (κ3) is 4.70. The van der Waals surface area contributed by atoms with Crippen molar-refractivity contribution in [3.05, 3.63) is 23.8 Å². The van der Waals surface area contributed by atoms with Gasteiger partial charge >= 0.3 is 11.8 Å². The summed E-state index contributed by atoms with van der Waals surface area (Å²) in [5, 5.41) is 6.49. The second-order valence-electron chi connectivity index (χ2n) is 5.26. The van der Waals surface area contributed by atoms with Crippen LogP contribution in [0, 0.1) is 0 Å². The van der Waals surface area contributed by atoms with Gasteiger partial charge in [0, 0.05) is 17.7 Å². The van der Waals surface area contributed by atoms with Gasteiger partial charge in [-0.2, -0.15) is 5.10 Å². The minimum absolute atomic E-state index is 0.0962. The molecule has 1 aromatic carbocycles. The Labute approximate surface area is 135 Å². The fraction of sp³-hybridized carbons (Fsp3) is 0.438. The van der Waals surface area contributed by atoms with Gasteiger partial charge in [-0.15, -0.1) is 0 Å². The third-order valence-electron chi connectivity index (χ3n) is 3.71. The summed E-state index contributed by atoms with van der Waals surface area (Å²) >= 11 is 0. The van der Waals surface area contributed by atoms with Crippen LogP contribution in [0.1, 0.15) is 31.2 Å². The van der Waals surface area contributed by atoms with E-state index in [0.717, 1.165) is 25.7 Å². The lowest BCUT2D eigenvalue weighted by atomic mass is 10.2. The molecule has 1 aliphatic rings. The first-order valence-electron chi connectivity index (χ1n) is 7.50. The number of hydrazone groups is 1. The second kappa shape index (κ2) is 8.17. The Morgan fingerprint density at radius 3 is 2.57 bits per heavy atom. The molecule has 23 heavy (non-hydrogen) atoms. The molecule has 0 atom stereocenters. The number of methoxy groups -OCH3 is 2. The van der Waals surface area contributed by atoms with Crippen molar-refractivity contribution in [2.75, 3.05) is 14.2 Å². The Bertz CT molecular complexity index is 595. The smallest absolute Gasteiger partial charge is 0.329 e. The van der Waals surface area contributed by atoms with Crippen molar-refractivity contribution in [2.24, 2.45) is 5.10 Å². The molecule has 124 valence electrons. The minimum Gasteiger partial charge on any atom is -0.497 e. The summed E-state index contributed by atoms with van der Waals surface area (Å²) in [6.45, 7) is 0. The zero-order chi connectivity index (χ0) is 16.7. The minimum atomic E-state index is -0.777. The average molecular weight is 319 g/mol. The van der Waals surface area contributed by atoms with Crippen molar-refractivity contribution in [3.63, 3.8) is 0 Å². The van der Waals surface area contributed by atoms with Gasteiger partial charge in [0.05, 0.1) is 20.4 Å². The molecule has 0 spiro atoms. The molecule has 2 N–H and O–H groups in total. The summed E-state index contributed by atoms with van der Waals surface area (Å²) in [5.74, 6) is -0.229. The number of carbonyl (C=O) groups excluding carboxylic acids is 2. The lowest BCUT2D eigenvalue weighted by Crippen LogP contribution is -2.42. The molecule has 0 aromatic heterocycles. The van der Waals surface area contributed by atoms with E-state index >= 15 is 0 Å². The van der Waals surface area contributed by atoms with E-state index in [1.807, 2.05) is 0 Å². The van der Waals surface area contributed by atoms with Crippen molar-refractivity contribution in [3.8, 4) is 11.5 Å². The SMILES string of the molecule is COc1ccc(/C=N\NC(=O)C(=O)NC2CCCC2)c(OC)c1. The molecule has 1 fully saturated rings. The van der Waals surface area contributed by atoms with Gasteiger partial charge in [0.2, 0.25) is 0 Å². The van der Waals surface area contributed by atoms with E-state index in [9.17, 15) is 9.59 Å². The van der Waals surface area contributed by atoms with E-state index in [-0.39, 0.29) is 6.04 Å². The maximum absolute atomic E-state index is 11.7. The van der Waals surface area contributed by atoms with E-state index in [1.54, 1.807) is 25.3 Å². The van der Waals surface area contributed by atoms with Gasteiger partial charge in [-0.05, 0) is 25.0 Å². The molecule has 7 heteroatoms. The van der Waals surface area contributed by atoms with Crippen LogP contribution in [-0.4, -0.2) is 38.3 Å². The van der Waals surface area contributed by atoms with Crippen LogP contribution in [0.4, 0.5) is 0 Å². The zero-order valence-electron chi connectivity index (χ0n) is 13.3. The maximum atomic E-state index is 11.7. The van der Waals surface area contributed by atoms with E-state index in [0.29, 0.717) is 17.1 Å². The first-order valence-corrected chi connectivity index (χ1v) is 7.50. The lowest BCUT2D eigenvalue weighted by Gasteiger charge is -2.10. The molecule has 1 saturated carbocycles. The molecule has 2 amide bonds. The van der Waals surface area contributed by atoms with Crippen molar-refractivity contribution < 1.29 is 19.1 Å². The molecule has 1 aliphatic carbocycles. The van der Waals surface area contributed by atoms with Crippen LogP contribution in [-0.2, 0) is 9.59 Å². The number of amides is 2. The van der Waals surface area contributed by atoms with Gasteiger partial charge in [-0.1, -0.05) is 12.8 Å². The topological polar surface area (TPSA) is 89.0 Å². The summed E-state index contributed by atoms with van der Waals surface area (Å²) in [6.07, 6.45) is 5.43. The molecule has 0 aliphatic heterocycles. The Morgan fingerprint density at radius 1 is 1.17 bits per heavy atom. The second-order valence-corrected chi connectivity index (χ2v) is 5.26. The number of hydrogen-bond acceptors (Lipinski definition) is 5. The van der Waals surface area contributed by atoms with Crippen molar-refractivity contribution in [2.45, 2.75) is 31.7 Å². The fourth-order valence-electron chi connectivity index (χ4n) is 2.46. The first-order chi connectivity index (χ1) is 11.1. The number of ether oxygens (including phenoxy) is 2. The highest BCUT2D eigenvalue weighted by atomic mass is 16.5. The average Bonchev–Trinajstić information content (AvgIpc) is 3.07. The van der Waals surface area contributed by atoms with Crippen LogP contribution in [0.15, 0.2) is 23.3 Å². The van der Waals surface area contributed by atoms with Crippen LogP contribution in [0.25, 0.3) is 0 Å². The number of rotatable bonds is 5. The number of nitrogens with zero attached hydrogens (tertiary/aromatic N) is 1. The maximum Gasteiger partial charge on any atom is 0.329 e. The third-order valence-corrected chi connectivity index (χ3v) is 3.71. The highest BCUT2D eigenvalue weighted by Crippen LogP contribution is 2.23. The summed E-state index contributed by atoms with van der Waals surface area (Å²) < 4.78 is 10.3. The van der Waals surface area contributed by atoms with E-state index < -0.39 is 11.8 Å². The summed E-state index contributed by atoms with van der Waals surface area (Å²) in [6, 6.07) is 5.29. The highest BCUT2D eigenvalue weighted by molar-refractivity contribution is 6.35. The van der Waals surface area contributed by atoms with Crippen molar-refractivity contribution in [1.29, 1.82) is 0 Å². The van der Waals surface area contributed by atoms with Crippen LogP contribution in [0.5, 0.6) is 11.5 Å². The number of hydrogen-bond donors (Lipinski definition) is 2. The Balaban J connectivity index is 1.90. The summed E-state index contributed by atoms with van der Waals surface area (Å²) in [7, 11) is 3.09. The normalized spacial score (nSPS) is 14.7. The standard InChI is InChI=1S/C16H21N3O4/c1-22-13-8-7-11(14(9-13)23-2)10-17-19-16(21)15(20)18-12-5-3-4-6-12/h7-10,12H,3-6H2,1-2H3,(H,18,20)(H,19,21)/b17-10-. The van der Waals surface area contributed by atoms with E-state index in [1.165, 1.54) is 13.3 Å². The summed E-state index contributed by atoms with van der Waals surface area (Å²) in [4.78, 5) is 23.4. The van der Waals surface area contributed by atoms with Gasteiger partial charge in [-0.3, -0.25) is 9.59 Å². The van der Waals surface area contributed by atoms with Crippen LogP contribution < -0.4 is 20.2 Å². The Hall–Kier alpha value is -2.57. The van der Waals surface area contributed by atoms with Crippen LogP contribution in [0.2, 0.25) is 0 Å². The zero-order valence-corrected chi connectivity index (χ0v) is 13.3. The van der Waals surface area contributed by atoms with Gasteiger partial charge in [-0.25, -0.2) is 5.43 Å². The van der Waals surface area contributed by atoms with Gasteiger partial charge < -0.3 is 14.8 Å². The highest BCUT2D eigenvalue weighted by Gasteiger charge is 2.20. The first kappa shape index (κ1) is 16.8. The Kier molecular flexibility index (Phi) is 5.96. The molecular formula is C16H21N3O4. The number of benzene rings is 1. The van der Waals surface area contributed by atoms with Crippen molar-refractivity contribution >= 4 is 18.0 Å². The van der Waals surface area contributed by atoms with Crippen LogP contribution in [0.3, 0.4) is 0 Å². The molecule has 0 bridgehead atoms. The largest absolute Gasteiger partial charge is 0.497 e. The molecule has 0 radical (unpaired) electrons. The van der Waals surface area contributed by atoms with Gasteiger partial charge in [0.15, 0.2) is 0 Å². The van der Waals surface area contributed by atoms with Gasteiger partial charge in [0.1, 0.15) is 11.5 Å². The molecule has 7 nitrogen and oxygen atoms in total. The molecule has 0 saturated heterocycles. The predicted molar refractivity (Wildman–Crippen MR) is 85.7 cm³/mol. The van der Waals surface area contributed by atoms with E-state index in [2.05, 4.69) is 15.8 Å². The number of carbonyl (C=O) groups is 2. The predicted octanol–water partition coefficient (Wildman–Crippen LogP) is 1.21. The molecular weight excluding hydrogens is 298 g/mol. The molecule has 0 heterocycles. The molecule has 2 rings (SSSR count). The van der Waals surface area contributed by atoms with Gasteiger partial charge in [0.25, 0.3) is 0 Å².